The highest BCUT2D eigenvalue weighted by molar-refractivity contribution is 7.80. The molecule has 5 heteroatoms. The first kappa shape index (κ1) is 14.8. The van der Waals surface area contributed by atoms with E-state index in [4.69, 9.17) is 23.8 Å². The molecule has 2 N–H and O–H groups in total. The van der Waals surface area contributed by atoms with Crippen LogP contribution in [0.2, 0.25) is 5.02 Å². The van der Waals surface area contributed by atoms with Crippen molar-refractivity contribution in [2.75, 3.05) is 10.6 Å². The summed E-state index contributed by atoms with van der Waals surface area (Å²) in [5.41, 5.74) is 2.89. The van der Waals surface area contributed by atoms with Gasteiger partial charge in [-0.3, -0.25) is 0 Å². The molecule has 20 heavy (non-hydrogen) atoms. The fourth-order valence-electron chi connectivity index (χ4n) is 1.80. The molecule has 2 aromatic carbocycles. The lowest BCUT2D eigenvalue weighted by Gasteiger charge is -2.15. The Bertz CT molecular complexity index is 638. The van der Waals surface area contributed by atoms with Crippen LogP contribution in [0, 0.1) is 19.7 Å². The summed E-state index contributed by atoms with van der Waals surface area (Å²) in [4.78, 5) is 0. The minimum absolute atomic E-state index is 0.272. The Kier molecular flexibility index (Phi) is 4.57. The normalized spacial score (nSPS) is 10.2. The average molecular weight is 309 g/mol. The van der Waals surface area contributed by atoms with Crippen LogP contribution in [0.5, 0.6) is 0 Å². The van der Waals surface area contributed by atoms with Crippen molar-refractivity contribution in [3.63, 3.8) is 0 Å². The predicted octanol–water partition coefficient (Wildman–Crippen LogP) is 4.90. The van der Waals surface area contributed by atoms with Crippen molar-refractivity contribution in [2.24, 2.45) is 0 Å². The molecule has 0 aromatic heterocycles. The first-order valence-electron chi connectivity index (χ1n) is 6.07. The number of anilines is 2. The molecule has 2 aromatic rings. The number of benzene rings is 2. The zero-order chi connectivity index (χ0) is 14.7. The van der Waals surface area contributed by atoms with Crippen molar-refractivity contribution < 1.29 is 4.39 Å². The maximum Gasteiger partial charge on any atom is 0.175 e. The molecular formula is C15H14ClFN2S. The van der Waals surface area contributed by atoms with Crippen molar-refractivity contribution >= 4 is 40.3 Å². The van der Waals surface area contributed by atoms with Gasteiger partial charge in [-0.05, 0) is 49.8 Å². The maximum atomic E-state index is 13.5. The van der Waals surface area contributed by atoms with Gasteiger partial charge in [0.2, 0.25) is 0 Å². The topological polar surface area (TPSA) is 24.1 Å². The molecule has 0 bridgehead atoms. The van der Waals surface area contributed by atoms with Gasteiger partial charge in [-0.1, -0.05) is 29.8 Å². The monoisotopic (exact) mass is 308 g/mol. The predicted molar refractivity (Wildman–Crippen MR) is 87.2 cm³/mol. The van der Waals surface area contributed by atoms with Crippen LogP contribution in [0.15, 0.2) is 36.4 Å². The highest BCUT2D eigenvalue weighted by atomic mass is 35.5. The highest BCUT2D eigenvalue weighted by Crippen LogP contribution is 2.25. The van der Waals surface area contributed by atoms with Gasteiger partial charge in [0.25, 0.3) is 0 Å². The van der Waals surface area contributed by atoms with Gasteiger partial charge in [-0.2, -0.15) is 0 Å². The number of hydrogen-bond acceptors (Lipinski definition) is 1. The molecule has 2 rings (SSSR count). The van der Waals surface area contributed by atoms with Crippen molar-refractivity contribution in [1.29, 1.82) is 0 Å². The molecule has 2 nitrogen and oxygen atoms in total. The Morgan fingerprint density at radius 1 is 1.10 bits per heavy atom. The summed E-state index contributed by atoms with van der Waals surface area (Å²) in [5.74, 6) is -0.272. The summed E-state index contributed by atoms with van der Waals surface area (Å²) in [6.45, 7) is 3.63. The van der Waals surface area contributed by atoms with Crippen LogP contribution in [-0.2, 0) is 0 Å². The second kappa shape index (κ2) is 6.20. The SMILES string of the molecule is Cc1cccc(Cl)c1NC(=S)Nc1cccc(F)c1C. The number of para-hydroxylation sites is 1. The van der Waals surface area contributed by atoms with Gasteiger partial charge in [0, 0.05) is 11.3 Å². The molecule has 0 aliphatic rings. The molecule has 0 fully saturated rings. The van der Waals surface area contributed by atoms with Crippen LogP contribution in [-0.4, -0.2) is 5.11 Å². The molecule has 0 amide bonds. The molecule has 0 spiro atoms. The van der Waals surface area contributed by atoms with E-state index >= 15 is 0 Å². The summed E-state index contributed by atoms with van der Waals surface area (Å²) >= 11 is 11.4. The van der Waals surface area contributed by atoms with Gasteiger partial charge in [-0.25, -0.2) is 4.39 Å². The quantitative estimate of drug-likeness (QED) is 0.771. The van der Waals surface area contributed by atoms with E-state index in [2.05, 4.69) is 10.6 Å². The summed E-state index contributed by atoms with van der Waals surface area (Å²) in [7, 11) is 0. The molecule has 0 aliphatic carbocycles. The van der Waals surface area contributed by atoms with Gasteiger partial charge in [0.1, 0.15) is 5.82 Å². The molecule has 0 unspecified atom stereocenters. The molecule has 0 atom stereocenters. The Morgan fingerprint density at radius 2 is 1.80 bits per heavy atom. The van der Waals surface area contributed by atoms with Gasteiger partial charge in [0.15, 0.2) is 5.11 Å². The van der Waals surface area contributed by atoms with Crippen LogP contribution < -0.4 is 10.6 Å². The Labute approximate surface area is 128 Å². The van der Waals surface area contributed by atoms with Crippen molar-refractivity contribution in [1.82, 2.24) is 0 Å². The molecule has 0 aliphatic heterocycles. The second-order valence-electron chi connectivity index (χ2n) is 4.42. The van der Waals surface area contributed by atoms with Crippen LogP contribution in [0.4, 0.5) is 15.8 Å². The molecule has 0 heterocycles. The number of nitrogens with one attached hydrogen (secondary N) is 2. The van der Waals surface area contributed by atoms with Gasteiger partial charge in [-0.15, -0.1) is 0 Å². The smallest absolute Gasteiger partial charge is 0.175 e. The third-order valence-electron chi connectivity index (χ3n) is 2.98. The zero-order valence-corrected chi connectivity index (χ0v) is 12.7. The molecule has 0 saturated heterocycles. The first-order chi connectivity index (χ1) is 9.49. The van der Waals surface area contributed by atoms with Crippen molar-refractivity contribution in [2.45, 2.75) is 13.8 Å². The fraction of sp³-hybridized carbons (Fsp3) is 0.133. The van der Waals surface area contributed by atoms with Crippen molar-refractivity contribution in [3.8, 4) is 0 Å². The lowest BCUT2D eigenvalue weighted by molar-refractivity contribution is 0.619. The Morgan fingerprint density at radius 3 is 2.50 bits per heavy atom. The van der Waals surface area contributed by atoms with E-state index in [0.717, 1.165) is 11.3 Å². The number of thiocarbonyl (C=S) groups is 1. The van der Waals surface area contributed by atoms with E-state index in [1.54, 1.807) is 25.1 Å². The molecule has 0 saturated carbocycles. The molecule has 0 radical (unpaired) electrons. The number of hydrogen-bond donors (Lipinski definition) is 2. The van der Waals surface area contributed by atoms with Gasteiger partial charge < -0.3 is 10.6 Å². The van der Waals surface area contributed by atoms with Crippen molar-refractivity contribution in [3.05, 3.63) is 58.4 Å². The third-order valence-corrected chi connectivity index (χ3v) is 3.50. The first-order valence-corrected chi connectivity index (χ1v) is 6.86. The van der Waals surface area contributed by atoms with Gasteiger partial charge in [0.05, 0.1) is 10.7 Å². The minimum atomic E-state index is -0.272. The third kappa shape index (κ3) is 3.26. The maximum absolute atomic E-state index is 13.5. The highest BCUT2D eigenvalue weighted by Gasteiger charge is 2.08. The second-order valence-corrected chi connectivity index (χ2v) is 5.24. The van der Waals surface area contributed by atoms with Crippen LogP contribution in [0.3, 0.4) is 0 Å². The number of halogens is 2. The van der Waals surface area contributed by atoms with E-state index in [-0.39, 0.29) is 5.82 Å². The Hall–Kier alpha value is -1.65. The van der Waals surface area contributed by atoms with Crippen LogP contribution in [0.1, 0.15) is 11.1 Å². The fourth-order valence-corrected chi connectivity index (χ4v) is 2.28. The lowest BCUT2D eigenvalue weighted by atomic mass is 10.2. The zero-order valence-electron chi connectivity index (χ0n) is 11.1. The van der Waals surface area contributed by atoms with Crippen LogP contribution in [0.25, 0.3) is 0 Å². The lowest BCUT2D eigenvalue weighted by Crippen LogP contribution is -2.20. The van der Waals surface area contributed by atoms with E-state index in [9.17, 15) is 4.39 Å². The minimum Gasteiger partial charge on any atom is -0.332 e. The van der Waals surface area contributed by atoms with Gasteiger partial charge >= 0.3 is 0 Å². The summed E-state index contributed by atoms with van der Waals surface area (Å²) < 4.78 is 13.5. The molecular weight excluding hydrogens is 295 g/mol. The van der Waals surface area contributed by atoms with E-state index in [0.29, 0.717) is 21.4 Å². The largest absolute Gasteiger partial charge is 0.332 e. The van der Waals surface area contributed by atoms with E-state index < -0.39 is 0 Å². The van der Waals surface area contributed by atoms with E-state index in [1.807, 2.05) is 19.1 Å². The molecule has 104 valence electrons. The Balaban J connectivity index is 2.16. The standard InChI is InChI=1S/C15H14ClFN2S/c1-9-5-3-6-11(16)14(9)19-15(20)18-13-8-4-7-12(17)10(13)2/h3-8H,1-2H3,(H2,18,19,20). The summed E-state index contributed by atoms with van der Waals surface area (Å²) in [6, 6.07) is 10.4. The van der Waals surface area contributed by atoms with Crippen LogP contribution >= 0.6 is 23.8 Å². The number of aryl methyl sites for hydroxylation is 1. The average Bonchev–Trinajstić information content (AvgIpc) is 2.39. The van der Waals surface area contributed by atoms with E-state index in [1.165, 1.54) is 6.07 Å². The summed E-state index contributed by atoms with van der Waals surface area (Å²) in [5, 5.41) is 6.97. The summed E-state index contributed by atoms with van der Waals surface area (Å²) in [6.07, 6.45) is 0. The number of rotatable bonds is 2.